The summed E-state index contributed by atoms with van der Waals surface area (Å²) in [7, 11) is 1.57. The summed E-state index contributed by atoms with van der Waals surface area (Å²) in [6, 6.07) is 0. The molecule has 2 N–H and O–H groups in total. The van der Waals surface area contributed by atoms with E-state index >= 15 is 0 Å². The number of esters is 1. The Bertz CT molecular complexity index is 442. The van der Waals surface area contributed by atoms with Gasteiger partial charge in [0, 0.05) is 13.7 Å². The van der Waals surface area contributed by atoms with Crippen LogP contribution in [-0.2, 0) is 14.3 Å². The fraction of sp³-hybridized carbons (Fsp3) is 0.880. The normalized spacial score (nSPS) is 15.7. The molecule has 0 aliphatic heterocycles. The number of hydrogen-bond acceptors (Lipinski definition) is 5. The van der Waals surface area contributed by atoms with Crippen molar-refractivity contribution in [3.05, 3.63) is 12.2 Å². The maximum absolute atomic E-state index is 13.9. The van der Waals surface area contributed by atoms with Crippen LogP contribution in [0.3, 0.4) is 0 Å². The second kappa shape index (κ2) is 20.9. The Labute approximate surface area is 189 Å². The molecule has 0 aliphatic rings. The van der Waals surface area contributed by atoms with Gasteiger partial charge in [0.1, 0.15) is 12.3 Å². The van der Waals surface area contributed by atoms with Gasteiger partial charge in [-0.3, -0.25) is 4.79 Å². The smallest absolute Gasteiger partial charge is 0.311 e. The average Bonchev–Trinajstić information content (AvgIpc) is 2.74. The van der Waals surface area contributed by atoms with Crippen molar-refractivity contribution in [3.63, 3.8) is 0 Å². The first-order chi connectivity index (χ1) is 14.9. The Balaban J connectivity index is 3.88. The molecule has 0 radical (unpaired) electrons. The summed E-state index contributed by atoms with van der Waals surface area (Å²) in [6.45, 7) is 3.98. The summed E-state index contributed by atoms with van der Waals surface area (Å²) >= 11 is 0. The van der Waals surface area contributed by atoms with Crippen molar-refractivity contribution >= 4 is 5.97 Å². The fourth-order valence-corrected chi connectivity index (χ4v) is 3.38. The van der Waals surface area contributed by atoms with E-state index in [9.17, 15) is 19.4 Å². The Morgan fingerprint density at radius 3 is 2.13 bits per heavy atom. The lowest BCUT2D eigenvalue weighted by Gasteiger charge is -2.19. The zero-order valence-corrected chi connectivity index (χ0v) is 20.1. The molecule has 0 rings (SSSR count). The quantitative estimate of drug-likeness (QED) is 0.0998. The highest BCUT2D eigenvalue weighted by Gasteiger charge is 2.23. The van der Waals surface area contributed by atoms with Gasteiger partial charge in [-0.2, -0.15) is 0 Å². The number of halogens is 1. The molecule has 0 amide bonds. The van der Waals surface area contributed by atoms with Gasteiger partial charge >= 0.3 is 5.97 Å². The minimum Gasteiger partial charge on any atom is -0.433 e. The van der Waals surface area contributed by atoms with E-state index in [1.54, 1.807) is 7.11 Å². The lowest BCUT2D eigenvalue weighted by molar-refractivity contribution is -0.189. The van der Waals surface area contributed by atoms with Crippen LogP contribution in [0.25, 0.3) is 0 Å². The second-order valence-corrected chi connectivity index (χ2v) is 8.55. The Kier molecular flexibility index (Phi) is 20.2. The molecule has 0 bridgehead atoms. The topological polar surface area (TPSA) is 76.0 Å². The van der Waals surface area contributed by atoms with Crippen molar-refractivity contribution in [2.45, 2.75) is 122 Å². The number of alkyl halides is 1. The number of hydrogen-bond donors (Lipinski definition) is 2. The SMILES string of the molecule is CCCCCCCC(F)CCCCCC/C=C/C[C@@H](CCOC)C(=O)OC(O)C(C)O. The van der Waals surface area contributed by atoms with Crippen molar-refractivity contribution in [1.29, 1.82) is 0 Å². The predicted molar refractivity (Wildman–Crippen MR) is 123 cm³/mol. The number of aliphatic hydroxyl groups excluding tert-OH is 2. The van der Waals surface area contributed by atoms with Crippen LogP contribution >= 0.6 is 0 Å². The van der Waals surface area contributed by atoms with Crippen LogP contribution in [0.2, 0.25) is 0 Å². The van der Waals surface area contributed by atoms with Crippen LogP contribution in [0.4, 0.5) is 4.39 Å². The fourth-order valence-electron chi connectivity index (χ4n) is 3.38. The lowest BCUT2D eigenvalue weighted by atomic mass is 10.0. The summed E-state index contributed by atoms with van der Waals surface area (Å²) in [5.41, 5.74) is 0. The van der Waals surface area contributed by atoms with Gasteiger partial charge in [0.25, 0.3) is 0 Å². The molecule has 0 aromatic carbocycles. The minimum absolute atomic E-state index is 0.409. The van der Waals surface area contributed by atoms with Gasteiger partial charge in [0.05, 0.1) is 5.92 Å². The maximum atomic E-state index is 13.9. The molecule has 6 heteroatoms. The van der Waals surface area contributed by atoms with Gasteiger partial charge in [0.2, 0.25) is 6.29 Å². The van der Waals surface area contributed by atoms with Gasteiger partial charge in [0.15, 0.2) is 0 Å². The van der Waals surface area contributed by atoms with Crippen molar-refractivity contribution in [1.82, 2.24) is 0 Å². The van der Waals surface area contributed by atoms with E-state index in [1.165, 1.54) is 26.2 Å². The molecule has 0 aromatic heterocycles. The summed E-state index contributed by atoms with van der Waals surface area (Å²) in [6.07, 6.45) is 14.1. The minimum atomic E-state index is -1.51. The van der Waals surface area contributed by atoms with Crippen LogP contribution in [0.5, 0.6) is 0 Å². The average molecular weight is 447 g/mol. The van der Waals surface area contributed by atoms with E-state index in [0.29, 0.717) is 32.3 Å². The number of carbonyl (C=O) groups is 1. The standard InChI is InChI=1S/C25H47FO5/c1-4-5-6-10-14-17-23(26)18-15-12-9-7-8-11-13-16-22(19-20-30-3)25(29)31-24(28)21(2)27/h11,13,21-24,27-28H,4-10,12,14-20H2,1-3H3/b13-11+/t21?,22-,23?,24?/m0/s1. The van der Waals surface area contributed by atoms with Gasteiger partial charge < -0.3 is 19.7 Å². The molecular weight excluding hydrogens is 399 g/mol. The van der Waals surface area contributed by atoms with E-state index in [0.717, 1.165) is 44.9 Å². The molecule has 0 aliphatic carbocycles. The number of unbranched alkanes of at least 4 members (excludes halogenated alkanes) is 8. The third-order valence-electron chi connectivity index (χ3n) is 5.50. The highest BCUT2D eigenvalue weighted by molar-refractivity contribution is 5.72. The van der Waals surface area contributed by atoms with Crippen molar-refractivity contribution in [2.24, 2.45) is 5.92 Å². The third kappa shape index (κ3) is 18.3. The van der Waals surface area contributed by atoms with Crippen LogP contribution in [-0.4, -0.2) is 48.5 Å². The van der Waals surface area contributed by atoms with Gasteiger partial charge in [-0.15, -0.1) is 0 Å². The van der Waals surface area contributed by atoms with Gasteiger partial charge in [-0.1, -0.05) is 70.4 Å². The molecule has 3 unspecified atom stereocenters. The summed E-state index contributed by atoms with van der Waals surface area (Å²) in [4.78, 5) is 12.2. The number of aliphatic hydroxyl groups is 2. The Hall–Kier alpha value is -0.980. The van der Waals surface area contributed by atoms with E-state index < -0.39 is 30.5 Å². The lowest BCUT2D eigenvalue weighted by Crippen LogP contribution is -2.31. The second-order valence-electron chi connectivity index (χ2n) is 8.55. The first-order valence-corrected chi connectivity index (χ1v) is 12.3. The van der Waals surface area contributed by atoms with Gasteiger partial charge in [-0.25, -0.2) is 4.39 Å². The van der Waals surface area contributed by atoms with E-state index in [1.807, 2.05) is 6.08 Å². The molecule has 5 nitrogen and oxygen atoms in total. The van der Waals surface area contributed by atoms with E-state index in [4.69, 9.17) is 9.47 Å². The third-order valence-corrected chi connectivity index (χ3v) is 5.50. The molecule has 4 atom stereocenters. The van der Waals surface area contributed by atoms with E-state index in [-0.39, 0.29) is 0 Å². The molecular formula is C25H47FO5. The molecule has 0 fully saturated rings. The number of methoxy groups -OCH3 is 1. The molecule has 0 saturated heterocycles. The van der Waals surface area contributed by atoms with Crippen molar-refractivity contribution in [2.75, 3.05) is 13.7 Å². The summed E-state index contributed by atoms with van der Waals surface area (Å²) in [5.74, 6) is -0.936. The van der Waals surface area contributed by atoms with E-state index in [2.05, 4.69) is 13.0 Å². The highest BCUT2D eigenvalue weighted by Crippen LogP contribution is 2.17. The summed E-state index contributed by atoms with van der Waals surface area (Å²) in [5, 5.41) is 18.8. The first kappa shape index (κ1) is 30.0. The molecule has 0 heterocycles. The number of allylic oxidation sites excluding steroid dienone is 2. The van der Waals surface area contributed by atoms with Crippen molar-refractivity contribution in [3.8, 4) is 0 Å². The Morgan fingerprint density at radius 2 is 1.55 bits per heavy atom. The van der Waals surface area contributed by atoms with Crippen LogP contribution < -0.4 is 0 Å². The zero-order valence-electron chi connectivity index (χ0n) is 20.1. The largest absolute Gasteiger partial charge is 0.433 e. The first-order valence-electron chi connectivity index (χ1n) is 12.3. The molecule has 31 heavy (non-hydrogen) atoms. The summed E-state index contributed by atoms with van der Waals surface area (Å²) < 4.78 is 23.8. The molecule has 0 aromatic rings. The molecule has 0 spiro atoms. The predicted octanol–water partition coefficient (Wildman–Crippen LogP) is 5.87. The monoisotopic (exact) mass is 446 g/mol. The van der Waals surface area contributed by atoms with Crippen LogP contribution in [0.1, 0.15) is 104 Å². The molecule has 0 saturated carbocycles. The number of carbonyl (C=O) groups excluding carboxylic acids is 1. The van der Waals surface area contributed by atoms with Crippen LogP contribution in [0.15, 0.2) is 12.2 Å². The van der Waals surface area contributed by atoms with Crippen LogP contribution in [0, 0.1) is 5.92 Å². The van der Waals surface area contributed by atoms with Gasteiger partial charge in [-0.05, 0) is 45.4 Å². The zero-order chi connectivity index (χ0) is 23.3. The Morgan fingerprint density at radius 1 is 0.935 bits per heavy atom. The highest BCUT2D eigenvalue weighted by atomic mass is 19.1. The van der Waals surface area contributed by atoms with Crippen molar-refractivity contribution < 1.29 is 28.9 Å². The number of ether oxygens (including phenoxy) is 2. The molecule has 184 valence electrons. The number of rotatable bonds is 21. The maximum Gasteiger partial charge on any atom is 0.311 e.